The molecule has 0 saturated heterocycles. The average molecular weight is 219 g/mol. The molecule has 0 amide bonds. The zero-order valence-electron chi connectivity index (χ0n) is 9.99. The number of unbranched alkanes of at least 4 members (excludes halogenated alkanes) is 1. The van der Waals surface area contributed by atoms with Crippen molar-refractivity contribution < 1.29 is 9.90 Å². The van der Waals surface area contributed by atoms with Gasteiger partial charge in [0.15, 0.2) is 0 Å². The number of carboxylic acid groups (broad SMARTS) is 1. The first-order chi connectivity index (χ1) is 7.57. The molecule has 1 aromatic rings. The van der Waals surface area contributed by atoms with Crippen LogP contribution >= 0.6 is 0 Å². The number of hydrogen-bond acceptors (Lipinski definition) is 1. The molecule has 0 saturated carbocycles. The zero-order chi connectivity index (χ0) is 12.1. The van der Waals surface area contributed by atoms with Crippen LogP contribution in [0.25, 0.3) is 0 Å². The van der Waals surface area contributed by atoms with Crippen LogP contribution in [0.2, 0.25) is 0 Å². The highest BCUT2D eigenvalue weighted by atomic mass is 16.4. The standard InChI is InChI=1S/C14H19O2/c1-4-5-7-12-11(10(2)3)8-6-9-13(12)14(15)16/h6,8-10H,1,4-5,7H2,2-3H3,(H,15,16). The molecule has 0 atom stereocenters. The molecule has 0 aromatic heterocycles. The monoisotopic (exact) mass is 219 g/mol. The predicted molar refractivity (Wildman–Crippen MR) is 65.8 cm³/mol. The lowest BCUT2D eigenvalue weighted by atomic mass is 9.90. The molecule has 0 aliphatic rings. The number of carboxylic acids is 1. The van der Waals surface area contributed by atoms with Crippen molar-refractivity contribution in [2.45, 2.75) is 39.0 Å². The largest absolute Gasteiger partial charge is 0.478 e. The molecule has 0 heterocycles. The summed E-state index contributed by atoms with van der Waals surface area (Å²) in [6.07, 6.45) is 2.58. The Bertz CT molecular complexity index is 367. The Morgan fingerprint density at radius 3 is 2.62 bits per heavy atom. The molecule has 0 fully saturated rings. The van der Waals surface area contributed by atoms with E-state index < -0.39 is 5.97 Å². The molecular formula is C14H19O2. The molecule has 1 radical (unpaired) electrons. The summed E-state index contributed by atoms with van der Waals surface area (Å²) < 4.78 is 0. The van der Waals surface area contributed by atoms with E-state index in [4.69, 9.17) is 5.11 Å². The van der Waals surface area contributed by atoms with Gasteiger partial charge in [-0.25, -0.2) is 4.79 Å². The van der Waals surface area contributed by atoms with Gasteiger partial charge in [0.1, 0.15) is 0 Å². The highest BCUT2D eigenvalue weighted by Crippen LogP contribution is 2.24. The molecule has 16 heavy (non-hydrogen) atoms. The van der Waals surface area contributed by atoms with Gasteiger partial charge in [-0.15, -0.1) is 0 Å². The van der Waals surface area contributed by atoms with Gasteiger partial charge in [0.2, 0.25) is 0 Å². The van der Waals surface area contributed by atoms with Crippen molar-refractivity contribution in [1.82, 2.24) is 0 Å². The summed E-state index contributed by atoms with van der Waals surface area (Å²) in [7, 11) is 0. The van der Waals surface area contributed by atoms with E-state index in [1.54, 1.807) is 6.07 Å². The molecule has 87 valence electrons. The maximum absolute atomic E-state index is 11.1. The van der Waals surface area contributed by atoms with Crippen LogP contribution in [0.5, 0.6) is 0 Å². The first-order valence-electron chi connectivity index (χ1n) is 5.72. The van der Waals surface area contributed by atoms with Crippen molar-refractivity contribution in [3.63, 3.8) is 0 Å². The van der Waals surface area contributed by atoms with Crippen molar-refractivity contribution >= 4 is 5.97 Å². The minimum atomic E-state index is -0.832. The van der Waals surface area contributed by atoms with Crippen molar-refractivity contribution in [2.24, 2.45) is 0 Å². The van der Waals surface area contributed by atoms with Crippen LogP contribution < -0.4 is 0 Å². The normalized spacial score (nSPS) is 10.8. The second-order valence-corrected chi connectivity index (χ2v) is 4.29. The van der Waals surface area contributed by atoms with Gasteiger partial charge in [-0.2, -0.15) is 0 Å². The first-order valence-corrected chi connectivity index (χ1v) is 5.72. The number of rotatable bonds is 5. The molecule has 0 bridgehead atoms. The van der Waals surface area contributed by atoms with Gasteiger partial charge < -0.3 is 5.11 Å². The zero-order valence-corrected chi connectivity index (χ0v) is 9.99. The van der Waals surface area contributed by atoms with Crippen LogP contribution in [-0.2, 0) is 6.42 Å². The molecule has 0 unspecified atom stereocenters. The Hall–Kier alpha value is -1.31. The molecule has 0 spiro atoms. The quantitative estimate of drug-likeness (QED) is 0.820. The lowest BCUT2D eigenvalue weighted by Gasteiger charge is -2.15. The van der Waals surface area contributed by atoms with Crippen LogP contribution in [0, 0.1) is 6.92 Å². The van der Waals surface area contributed by atoms with Gasteiger partial charge in [0.05, 0.1) is 5.56 Å². The summed E-state index contributed by atoms with van der Waals surface area (Å²) in [5, 5.41) is 9.16. The van der Waals surface area contributed by atoms with Crippen LogP contribution in [0.15, 0.2) is 18.2 Å². The fourth-order valence-electron chi connectivity index (χ4n) is 1.93. The second-order valence-electron chi connectivity index (χ2n) is 4.29. The smallest absolute Gasteiger partial charge is 0.335 e. The summed E-state index contributed by atoms with van der Waals surface area (Å²) in [4.78, 5) is 11.1. The average Bonchev–Trinajstić information content (AvgIpc) is 2.25. The molecule has 2 heteroatoms. The summed E-state index contributed by atoms with van der Waals surface area (Å²) >= 11 is 0. The van der Waals surface area contributed by atoms with Crippen LogP contribution in [0.1, 0.15) is 54.1 Å². The Kier molecular flexibility index (Phi) is 4.53. The fourth-order valence-corrected chi connectivity index (χ4v) is 1.93. The summed E-state index contributed by atoms with van der Waals surface area (Å²) in [6, 6.07) is 5.54. The maximum Gasteiger partial charge on any atom is 0.335 e. The lowest BCUT2D eigenvalue weighted by Crippen LogP contribution is -2.07. The molecule has 1 aromatic carbocycles. The van der Waals surface area contributed by atoms with E-state index in [1.165, 1.54) is 0 Å². The highest BCUT2D eigenvalue weighted by molar-refractivity contribution is 5.89. The Labute approximate surface area is 97.3 Å². The first kappa shape index (κ1) is 12.8. The Balaban J connectivity index is 3.18. The van der Waals surface area contributed by atoms with Crippen LogP contribution in [0.3, 0.4) is 0 Å². The van der Waals surface area contributed by atoms with E-state index in [0.29, 0.717) is 11.5 Å². The van der Waals surface area contributed by atoms with Gasteiger partial charge in [0.25, 0.3) is 0 Å². The van der Waals surface area contributed by atoms with Crippen LogP contribution in [0.4, 0.5) is 0 Å². The van der Waals surface area contributed by atoms with Gasteiger partial charge in [-0.1, -0.05) is 39.3 Å². The summed E-state index contributed by atoms with van der Waals surface area (Å²) in [6.45, 7) is 7.99. The molecular weight excluding hydrogens is 200 g/mol. The number of aromatic carboxylic acids is 1. The highest BCUT2D eigenvalue weighted by Gasteiger charge is 2.14. The minimum absolute atomic E-state index is 0.360. The van der Waals surface area contributed by atoms with E-state index >= 15 is 0 Å². The maximum atomic E-state index is 11.1. The van der Waals surface area contributed by atoms with Gasteiger partial charge in [-0.3, -0.25) is 0 Å². The molecule has 1 rings (SSSR count). The van der Waals surface area contributed by atoms with E-state index in [-0.39, 0.29) is 0 Å². The molecule has 1 N–H and O–H groups in total. The number of benzene rings is 1. The topological polar surface area (TPSA) is 37.3 Å². The number of hydrogen-bond donors (Lipinski definition) is 1. The number of carbonyl (C=O) groups is 1. The fraction of sp³-hybridized carbons (Fsp3) is 0.429. The predicted octanol–water partition coefficient (Wildman–Crippen LogP) is 3.66. The summed E-state index contributed by atoms with van der Waals surface area (Å²) in [5.41, 5.74) is 2.57. The molecule has 0 aliphatic carbocycles. The Morgan fingerprint density at radius 1 is 1.44 bits per heavy atom. The van der Waals surface area contributed by atoms with E-state index in [2.05, 4.69) is 20.8 Å². The molecule has 2 nitrogen and oxygen atoms in total. The van der Waals surface area contributed by atoms with Crippen LogP contribution in [-0.4, -0.2) is 11.1 Å². The minimum Gasteiger partial charge on any atom is -0.478 e. The second kappa shape index (κ2) is 5.69. The molecule has 0 aliphatic heterocycles. The van der Waals surface area contributed by atoms with Crippen molar-refractivity contribution in [3.8, 4) is 0 Å². The van der Waals surface area contributed by atoms with E-state index in [1.807, 2.05) is 12.1 Å². The SMILES string of the molecule is [CH2]CCCc1c(C(=O)O)cccc1C(C)C. The van der Waals surface area contributed by atoms with Gasteiger partial charge in [-0.05, 0) is 36.0 Å². The third-order valence-corrected chi connectivity index (χ3v) is 2.74. The summed E-state index contributed by atoms with van der Waals surface area (Å²) in [5.74, 6) is -0.472. The Morgan fingerprint density at radius 2 is 2.12 bits per heavy atom. The van der Waals surface area contributed by atoms with Crippen molar-refractivity contribution in [1.29, 1.82) is 0 Å². The van der Waals surface area contributed by atoms with E-state index in [0.717, 1.165) is 30.4 Å². The van der Waals surface area contributed by atoms with Crippen molar-refractivity contribution in [2.75, 3.05) is 0 Å². The lowest BCUT2D eigenvalue weighted by molar-refractivity contribution is 0.0695. The third-order valence-electron chi connectivity index (χ3n) is 2.74. The van der Waals surface area contributed by atoms with E-state index in [9.17, 15) is 4.79 Å². The third kappa shape index (κ3) is 2.84. The van der Waals surface area contributed by atoms with Gasteiger partial charge in [0, 0.05) is 0 Å². The van der Waals surface area contributed by atoms with Gasteiger partial charge >= 0.3 is 5.97 Å². The van der Waals surface area contributed by atoms with Crippen molar-refractivity contribution in [3.05, 3.63) is 41.8 Å².